The Hall–Kier alpha value is -1.28. The number of nitrogens with zero attached hydrogens (tertiary/aromatic N) is 2. The maximum absolute atomic E-state index is 13.4. The molecule has 0 saturated heterocycles. The van der Waals surface area contributed by atoms with E-state index >= 15 is 0 Å². The molecule has 1 saturated carbocycles. The van der Waals surface area contributed by atoms with Crippen LogP contribution in [0.3, 0.4) is 0 Å². The molecular formula is C12H17F2N3O2S. The zero-order valence-electron chi connectivity index (χ0n) is 11.1. The zero-order valence-corrected chi connectivity index (χ0v) is 12.0. The summed E-state index contributed by atoms with van der Waals surface area (Å²) in [6, 6.07) is 1.84. The SMILES string of the molecule is CN(C1CCCCC1)S(=O)(=O)Nc1ccc(F)nc1F. The van der Waals surface area contributed by atoms with Gasteiger partial charge < -0.3 is 0 Å². The monoisotopic (exact) mass is 305 g/mol. The fourth-order valence-corrected chi connectivity index (χ4v) is 3.52. The number of rotatable bonds is 4. The van der Waals surface area contributed by atoms with Crippen molar-refractivity contribution in [3.8, 4) is 0 Å². The Balaban J connectivity index is 2.13. The summed E-state index contributed by atoms with van der Waals surface area (Å²) in [7, 11) is -2.40. The molecule has 0 aliphatic heterocycles. The Morgan fingerprint density at radius 3 is 2.50 bits per heavy atom. The van der Waals surface area contributed by atoms with Gasteiger partial charge in [0, 0.05) is 13.1 Å². The molecule has 1 heterocycles. The molecule has 0 atom stereocenters. The molecule has 0 aromatic carbocycles. The topological polar surface area (TPSA) is 62.3 Å². The summed E-state index contributed by atoms with van der Waals surface area (Å²) in [5.74, 6) is -2.17. The first-order chi connectivity index (χ1) is 9.40. The molecule has 1 aromatic rings. The Bertz CT molecular complexity index is 574. The maximum Gasteiger partial charge on any atom is 0.301 e. The molecule has 0 spiro atoms. The summed E-state index contributed by atoms with van der Waals surface area (Å²) < 4.78 is 53.7. The van der Waals surface area contributed by atoms with E-state index in [-0.39, 0.29) is 11.7 Å². The number of hydrogen-bond donors (Lipinski definition) is 1. The van der Waals surface area contributed by atoms with Gasteiger partial charge in [0.15, 0.2) is 0 Å². The second-order valence-corrected chi connectivity index (χ2v) is 6.62. The molecule has 0 amide bonds. The lowest BCUT2D eigenvalue weighted by molar-refractivity contribution is 0.287. The second kappa shape index (κ2) is 6.01. The molecule has 0 unspecified atom stereocenters. The van der Waals surface area contributed by atoms with Crippen LogP contribution < -0.4 is 4.72 Å². The van der Waals surface area contributed by atoms with Crippen LogP contribution >= 0.6 is 0 Å². The van der Waals surface area contributed by atoms with Crippen LogP contribution in [0.25, 0.3) is 0 Å². The molecule has 1 N–H and O–H groups in total. The van der Waals surface area contributed by atoms with E-state index in [1.807, 2.05) is 0 Å². The van der Waals surface area contributed by atoms with Gasteiger partial charge >= 0.3 is 10.2 Å². The van der Waals surface area contributed by atoms with Crippen molar-refractivity contribution < 1.29 is 17.2 Å². The minimum Gasteiger partial charge on any atom is -0.266 e. The largest absolute Gasteiger partial charge is 0.301 e. The lowest BCUT2D eigenvalue weighted by atomic mass is 9.96. The third-order valence-electron chi connectivity index (χ3n) is 3.52. The van der Waals surface area contributed by atoms with Gasteiger partial charge in [0.25, 0.3) is 0 Å². The van der Waals surface area contributed by atoms with Crippen LogP contribution in [0.2, 0.25) is 0 Å². The Kier molecular flexibility index (Phi) is 4.54. The van der Waals surface area contributed by atoms with Gasteiger partial charge in [-0.2, -0.15) is 26.5 Å². The van der Waals surface area contributed by atoms with Crippen LogP contribution in [0.5, 0.6) is 0 Å². The lowest BCUT2D eigenvalue weighted by Crippen LogP contribution is -2.41. The lowest BCUT2D eigenvalue weighted by Gasteiger charge is -2.30. The van der Waals surface area contributed by atoms with Crippen molar-refractivity contribution in [2.45, 2.75) is 38.1 Å². The molecule has 1 fully saturated rings. The molecule has 5 nitrogen and oxygen atoms in total. The number of anilines is 1. The average Bonchev–Trinajstić information content (AvgIpc) is 2.42. The Labute approximate surface area is 117 Å². The molecule has 20 heavy (non-hydrogen) atoms. The summed E-state index contributed by atoms with van der Waals surface area (Å²) in [6.45, 7) is 0. The van der Waals surface area contributed by atoms with Gasteiger partial charge in [0.2, 0.25) is 11.9 Å². The average molecular weight is 305 g/mol. The van der Waals surface area contributed by atoms with Crippen molar-refractivity contribution in [1.82, 2.24) is 9.29 Å². The third-order valence-corrected chi connectivity index (χ3v) is 5.06. The molecule has 0 bridgehead atoms. The van der Waals surface area contributed by atoms with E-state index in [1.165, 1.54) is 11.4 Å². The van der Waals surface area contributed by atoms with Crippen molar-refractivity contribution >= 4 is 15.9 Å². The summed E-state index contributed by atoms with van der Waals surface area (Å²) in [5.41, 5.74) is -0.353. The molecule has 1 aliphatic carbocycles. The minimum absolute atomic E-state index is 0.0854. The second-order valence-electron chi connectivity index (χ2n) is 4.89. The highest BCUT2D eigenvalue weighted by Gasteiger charge is 2.28. The van der Waals surface area contributed by atoms with Gasteiger partial charge in [-0.1, -0.05) is 19.3 Å². The maximum atomic E-state index is 13.4. The number of halogens is 2. The third kappa shape index (κ3) is 3.43. The van der Waals surface area contributed by atoms with Gasteiger partial charge in [0.1, 0.15) is 5.69 Å². The molecule has 8 heteroatoms. The molecular weight excluding hydrogens is 288 g/mol. The molecule has 112 valence electrons. The van der Waals surface area contributed by atoms with Gasteiger partial charge in [-0.25, -0.2) is 0 Å². The van der Waals surface area contributed by atoms with E-state index in [0.29, 0.717) is 0 Å². The van der Waals surface area contributed by atoms with E-state index in [2.05, 4.69) is 9.71 Å². The number of pyridine rings is 1. The van der Waals surface area contributed by atoms with Gasteiger partial charge in [-0.3, -0.25) is 4.72 Å². The first-order valence-corrected chi connectivity index (χ1v) is 7.92. The highest BCUT2D eigenvalue weighted by atomic mass is 32.2. The highest BCUT2D eigenvalue weighted by Crippen LogP contribution is 2.24. The number of nitrogens with one attached hydrogen (secondary N) is 1. The molecule has 1 aliphatic rings. The van der Waals surface area contributed by atoms with Crippen LogP contribution in [-0.2, 0) is 10.2 Å². The summed E-state index contributed by atoms with van der Waals surface area (Å²) in [6.07, 6.45) is 4.66. The van der Waals surface area contributed by atoms with E-state index in [0.717, 1.165) is 44.2 Å². The standard InChI is InChI=1S/C12H17F2N3O2S/c1-17(9-5-3-2-4-6-9)20(18,19)16-10-7-8-11(13)15-12(10)14/h7-9,16H,2-6H2,1H3. The normalized spacial score (nSPS) is 17.4. The smallest absolute Gasteiger partial charge is 0.266 e. The van der Waals surface area contributed by atoms with Gasteiger partial charge in [-0.15, -0.1) is 0 Å². The Morgan fingerprint density at radius 2 is 1.90 bits per heavy atom. The fourth-order valence-electron chi connectivity index (χ4n) is 2.34. The zero-order chi connectivity index (χ0) is 14.8. The minimum atomic E-state index is -3.87. The van der Waals surface area contributed by atoms with Crippen molar-refractivity contribution in [1.29, 1.82) is 0 Å². The van der Waals surface area contributed by atoms with Crippen LogP contribution in [0, 0.1) is 11.9 Å². The predicted octanol–water partition coefficient (Wildman–Crippen LogP) is 2.28. The van der Waals surface area contributed by atoms with Crippen molar-refractivity contribution in [2.24, 2.45) is 0 Å². The van der Waals surface area contributed by atoms with Crippen molar-refractivity contribution in [3.05, 3.63) is 24.0 Å². The first-order valence-electron chi connectivity index (χ1n) is 6.48. The quantitative estimate of drug-likeness (QED) is 0.868. The fraction of sp³-hybridized carbons (Fsp3) is 0.583. The van der Waals surface area contributed by atoms with E-state index in [1.54, 1.807) is 0 Å². The van der Waals surface area contributed by atoms with Crippen molar-refractivity contribution in [3.63, 3.8) is 0 Å². The van der Waals surface area contributed by atoms with Crippen LogP contribution in [0.1, 0.15) is 32.1 Å². The highest BCUT2D eigenvalue weighted by molar-refractivity contribution is 7.90. The van der Waals surface area contributed by atoms with Gasteiger partial charge in [-0.05, 0) is 25.0 Å². The molecule has 0 radical (unpaired) electrons. The van der Waals surface area contributed by atoms with Gasteiger partial charge in [0.05, 0.1) is 0 Å². The van der Waals surface area contributed by atoms with Crippen molar-refractivity contribution in [2.75, 3.05) is 11.8 Å². The molecule has 2 rings (SSSR count). The van der Waals surface area contributed by atoms with E-state index in [9.17, 15) is 17.2 Å². The first kappa shape index (κ1) is 15.1. The summed E-state index contributed by atoms with van der Waals surface area (Å²) in [4.78, 5) is 2.95. The van der Waals surface area contributed by atoms with E-state index < -0.39 is 22.1 Å². The summed E-state index contributed by atoms with van der Waals surface area (Å²) >= 11 is 0. The Morgan fingerprint density at radius 1 is 1.25 bits per heavy atom. The van der Waals surface area contributed by atoms with Crippen LogP contribution in [-0.4, -0.2) is 30.8 Å². The molecule has 1 aromatic heterocycles. The van der Waals surface area contributed by atoms with Crippen LogP contribution in [0.15, 0.2) is 12.1 Å². The van der Waals surface area contributed by atoms with Crippen LogP contribution in [0.4, 0.5) is 14.5 Å². The number of aromatic nitrogens is 1. The summed E-state index contributed by atoms with van der Waals surface area (Å²) in [5, 5.41) is 0. The number of hydrogen-bond acceptors (Lipinski definition) is 3. The van der Waals surface area contributed by atoms with E-state index in [4.69, 9.17) is 0 Å². The predicted molar refractivity (Wildman–Crippen MR) is 71.3 cm³/mol.